The van der Waals surface area contributed by atoms with Gasteiger partial charge in [0.25, 0.3) is 5.91 Å². The third-order valence-corrected chi connectivity index (χ3v) is 7.97. The van der Waals surface area contributed by atoms with Crippen LogP contribution in [-0.2, 0) is 21.4 Å². The van der Waals surface area contributed by atoms with Crippen molar-refractivity contribution >= 4 is 17.6 Å². The van der Waals surface area contributed by atoms with Crippen molar-refractivity contribution in [3.63, 3.8) is 0 Å². The molecule has 7 nitrogen and oxygen atoms in total. The fraction of sp³-hybridized carbons (Fsp3) is 0.414. The lowest BCUT2D eigenvalue weighted by Crippen LogP contribution is -2.54. The van der Waals surface area contributed by atoms with Gasteiger partial charge in [-0.05, 0) is 61.4 Å². The molecule has 1 saturated carbocycles. The number of anilines is 1. The monoisotopic (exact) mass is 488 g/mol. The van der Waals surface area contributed by atoms with Gasteiger partial charge in [-0.15, -0.1) is 0 Å². The number of oxazole rings is 1. The van der Waals surface area contributed by atoms with Gasteiger partial charge in [-0.25, -0.2) is 4.98 Å². The molecule has 3 aliphatic rings. The number of hydrogen-bond donors (Lipinski definition) is 1. The van der Waals surface area contributed by atoms with Gasteiger partial charge in [-0.1, -0.05) is 43.3 Å². The van der Waals surface area contributed by atoms with Crippen LogP contribution in [0.2, 0.25) is 0 Å². The third-order valence-electron chi connectivity index (χ3n) is 7.97. The number of carbonyl (C=O) groups excluding carboxylic acids is 1. The first kappa shape index (κ1) is 24.3. The summed E-state index contributed by atoms with van der Waals surface area (Å²) in [6, 6.07) is 16.5. The molecule has 0 unspecified atom stereocenters. The Morgan fingerprint density at radius 1 is 1.00 bits per heavy atom. The zero-order valence-corrected chi connectivity index (χ0v) is 21.0. The van der Waals surface area contributed by atoms with Crippen molar-refractivity contribution < 1.29 is 23.8 Å². The summed E-state index contributed by atoms with van der Waals surface area (Å²) in [7, 11) is 1.74. The lowest BCUT2D eigenvalue weighted by atomic mass is 9.62. The van der Waals surface area contributed by atoms with E-state index in [0.29, 0.717) is 24.6 Å². The Hall–Kier alpha value is -3.45. The van der Waals surface area contributed by atoms with E-state index in [1.807, 2.05) is 31.2 Å². The molecule has 1 aliphatic carbocycles. The molecule has 1 amide bonds. The molecule has 3 heterocycles. The first-order valence-corrected chi connectivity index (χ1v) is 12.6. The Kier molecular flexibility index (Phi) is 6.20. The summed E-state index contributed by atoms with van der Waals surface area (Å²) in [5.41, 5.74) is 4.30. The fourth-order valence-electron chi connectivity index (χ4n) is 5.60. The summed E-state index contributed by atoms with van der Waals surface area (Å²) < 4.78 is 11.8. The number of amides is 1. The molecule has 2 aromatic carbocycles. The molecule has 2 saturated heterocycles. The van der Waals surface area contributed by atoms with Gasteiger partial charge in [0.15, 0.2) is 5.89 Å². The molecular weight excluding hydrogens is 456 g/mol. The molecule has 0 spiro atoms. The number of benzene rings is 2. The Labute approximate surface area is 211 Å². The zero-order chi connectivity index (χ0) is 25.5. The van der Waals surface area contributed by atoms with Crippen molar-refractivity contribution in [2.75, 3.05) is 18.6 Å². The highest BCUT2D eigenvalue weighted by atomic mass is 16.5. The second-order valence-corrected chi connectivity index (χ2v) is 10.2. The number of rotatable bonds is 7. The average molecular weight is 489 g/mol. The van der Waals surface area contributed by atoms with Gasteiger partial charge < -0.3 is 19.2 Å². The number of carboxylic acids is 1. The lowest BCUT2D eigenvalue weighted by molar-refractivity contribution is -0.174. The van der Waals surface area contributed by atoms with Crippen LogP contribution >= 0.6 is 0 Å². The number of carboxylic acid groups (broad SMARTS) is 1. The van der Waals surface area contributed by atoms with E-state index in [9.17, 15) is 14.7 Å². The molecule has 7 heteroatoms. The van der Waals surface area contributed by atoms with E-state index < -0.39 is 11.6 Å². The van der Waals surface area contributed by atoms with Crippen LogP contribution < -0.4 is 4.90 Å². The number of aliphatic carboxylic acids is 1. The number of nitrogens with zero attached hydrogens (tertiary/aromatic N) is 2. The first-order chi connectivity index (χ1) is 17.2. The number of fused-ring (bicyclic) bond motifs is 3. The molecule has 2 bridgehead atoms. The topological polar surface area (TPSA) is 92.9 Å². The number of ether oxygens (including phenoxy) is 1. The quantitative estimate of drug-likeness (QED) is 0.469. The smallest absolute Gasteiger partial charge is 0.306 e. The highest BCUT2D eigenvalue weighted by Crippen LogP contribution is 2.51. The summed E-state index contributed by atoms with van der Waals surface area (Å²) in [6.07, 6.45) is 4.24. The summed E-state index contributed by atoms with van der Waals surface area (Å²) in [6.45, 7) is 4.31. The molecule has 6 rings (SSSR count). The van der Waals surface area contributed by atoms with Crippen molar-refractivity contribution in [1.82, 2.24) is 4.98 Å². The van der Waals surface area contributed by atoms with Crippen LogP contribution in [0.25, 0.3) is 11.1 Å². The highest BCUT2D eigenvalue weighted by Gasteiger charge is 2.51. The maximum Gasteiger partial charge on any atom is 0.306 e. The predicted octanol–water partition coefficient (Wildman–Crippen LogP) is 5.54. The fourth-order valence-corrected chi connectivity index (χ4v) is 5.60. The Bertz CT molecular complexity index is 1250. The van der Waals surface area contributed by atoms with Gasteiger partial charge >= 0.3 is 5.97 Å². The molecule has 0 radical (unpaired) electrons. The first-order valence-electron chi connectivity index (χ1n) is 12.6. The van der Waals surface area contributed by atoms with Crippen LogP contribution in [0, 0.1) is 6.92 Å². The standard InChI is InChI=1S/C29H32N2O5/c1-4-24-30-19(2)26(36-24)27(34)31(3)23-11-7-21(8-12-23)20-5-9-22(10-6-20)28-13-15-29(16-14-28,35-18-28)17-25(32)33/h5-12H,4,13-18H2,1-3H3,(H,32,33). The summed E-state index contributed by atoms with van der Waals surface area (Å²) in [5, 5.41) is 9.24. The highest BCUT2D eigenvalue weighted by molar-refractivity contribution is 6.04. The largest absolute Gasteiger partial charge is 0.481 e. The molecule has 36 heavy (non-hydrogen) atoms. The van der Waals surface area contributed by atoms with Gasteiger partial charge in [0.1, 0.15) is 0 Å². The predicted molar refractivity (Wildman–Crippen MR) is 136 cm³/mol. The number of hydrogen-bond acceptors (Lipinski definition) is 5. The minimum absolute atomic E-state index is 0.0256. The number of aromatic nitrogens is 1. The zero-order valence-electron chi connectivity index (χ0n) is 21.0. The minimum atomic E-state index is -0.783. The SMILES string of the molecule is CCc1nc(C)c(C(=O)N(C)c2ccc(-c3ccc(C45CCC(CC(=O)O)(CC4)OC5)cc3)cc2)o1. The van der Waals surface area contributed by atoms with Crippen LogP contribution in [0.1, 0.15) is 66.7 Å². The Morgan fingerprint density at radius 3 is 2.11 bits per heavy atom. The number of carbonyl (C=O) groups is 2. The molecule has 3 fully saturated rings. The van der Waals surface area contributed by atoms with Gasteiger partial charge in [0, 0.05) is 24.6 Å². The summed E-state index contributed by atoms with van der Waals surface area (Å²) in [4.78, 5) is 30.1. The number of aryl methyl sites for hydroxylation is 2. The maximum atomic E-state index is 12.9. The molecule has 188 valence electrons. The van der Waals surface area contributed by atoms with Gasteiger partial charge in [0.2, 0.25) is 5.76 Å². The van der Waals surface area contributed by atoms with Crippen molar-refractivity contribution in [3.05, 3.63) is 71.4 Å². The van der Waals surface area contributed by atoms with Gasteiger partial charge in [-0.3, -0.25) is 9.59 Å². The van der Waals surface area contributed by atoms with E-state index >= 15 is 0 Å². The minimum Gasteiger partial charge on any atom is -0.481 e. The molecule has 1 N–H and O–H groups in total. The average Bonchev–Trinajstić information content (AvgIpc) is 3.29. The van der Waals surface area contributed by atoms with Crippen molar-refractivity contribution in [3.8, 4) is 11.1 Å². The normalized spacial score (nSPS) is 23.0. The molecule has 2 aliphatic heterocycles. The van der Waals surface area contributed by atoms with Crippen molar-refractivity contribution in [2.45, 2.75) is 63.4 Å². The maximum absolute atomic E-state index is 12.9. The second-order valence-electron chi connectivity index (χ2n) is 10.2. The van der Waals surface area contributed by atoms with Crippen molar-refractivity contribution in [1.29, 1.82) is 0 Å². The van der Waals surface area contributed by atoms with Crippen LogP contribution in [0.3, 0.4) is 0 Å². The van der Waals surface area contributed by atoms with E-state index in [2.05, 4.69) is 29.2 Å². The van der Waals surface area contributed by atoms with Crippen LogP contribution in [0.4, 0.5) is 5.69 Å². The van der Waals surface area contributed by atoms with E-state index in [1.165, 1.54) is 5.56 Å². The summed E-state index contributed by atoms with van der Waals surface area (Å²) in [5.74, 6) is -0.155. The molecular formula is C29H32N2O5. The molecule has 3 aromatic rings. The third kappa shape index (κ3) is 4.32. The molecule has 0 atom stereocenters. The van der Waals surface area contributed by atoms with E-state index in [4.69, 9.17) is 9.15 Å². The van der Waals surface area contributed by atoms with E-state index in [-0.39, 0.29) is 23.5 Å². The summed E-state index contributed by atoms with van der Waals surface area (Å²) >= 11 is 0. The van der Waals surface area contributed by atoms with Crippen LogP contribution in [0.15, 0.2) is 52.9 Å². The Morgan fingerprint density at radius 2 is 1.61 bits per heavy atom. The van der Waals surface area contributed by atoms with Gasteiger partial charge in [-0.2, -0.15) is 0 Å². The van der Waals surface area contributed by atoms with Crippen molar-refractivity contribution in [2.24, 2.45) is 0 Å². The Balaban J connectivity index is 1.28. The second kappa shape index (κ2) is 9.21. The van der Waals surface area contributed by atoms with Crippen LogP contribution in [0.5, 0.6) is 0 Å². The van der Waals surface area contributed by atoms with E-state index in [0.717, 1.165) is 42.5 Å². The lowest BCUT2D eigenvalue weighted by Gasteiger charge is -2.53. The molecule has 1 aromatic heterocycles. The van der Waals surface area contributed by atoms with Crippen LogP contribution in [-0.4, -0.2) is 41.2 Å². The van der Waals surface area contributed by atoms with E-state index in [1.54, 1.807) is 18.9 Å². The van der Waals surface area contributed by atoms with Gasteiger partial charge in [0.05, 0.1) is 24.3 Å².